The maximum absolute atomic E-state index is 12.4. The molecule has 0 radical (unpaired) electrons. The van der Waals surface area contributed by atoms with E-state index in [-0.39, 0.29) is 17.9 Å². The Morgan fingerprint density at radius 1 is 1.19 bits per heavy atom. The molecule has 120 valence electrons. The molecule has 3 aliphatic rings. The third-order valence-electron chi connectivity index (χ3n) is 5.65. The molecule has 5 unspecified atom stereocenters. The van der Waals surface area contributed by atoms with E-state index in [4.69, 9.17) is 0 Å². The number of hydrogen-bond acceptors (Lipinski definition) is 4. The van der Waals surface area contributed by atoms with Crippen LogP contribution in [0.2, 0.25) is 0 Å². The fraction of sp³-hybridized carbons (Fsp3) is 0.938. The molecule has 1 amide bonds. The summed E-state index contributed by atoms with van der Waals surface area (Å²) in [5, 5.41) is 9.25. The summed E-state index contributed by atoms with van der Waals surface area (Å²) in [4.78, 5) is 12.4. The van der Waals surface area contributed by atoms with Crippen molar-refractivity contribution in [2.45, 2.75) is 63.6 Å². The lowest BCUT2D eigenvalue weighted by Crippen LogP contribution is -2.53. The summed E-state index contributed by atoms with van der Waals surface area (Å²) < 4.78 is 0. The Labute approximate surface area is 128 Å². The number of carbonyl (C=O) groups excluding carboxylic acids is 1. The van der Waals surface area contributed by atoms with E-state index >= 15 is 0 Å². The Hall–Kier alpha value is -0.650. The van der Waals surface area contributed by atoms with Crippen LogP contribution in [0, 0.1) is 11.8 Å². The number of piperidine rings is 1. The zero-order valence-electron chi connectivity index (χ0n) is 13.4. The van der Waals surface area contributed by atoms with Crippen molar-refractivity contribution >= 4 is 5.91 Å². The molecule has 0 aromatic carbocycles. The van der Waals surface area contributed by atoms with E-state index in [2.05, 4.69) is 35.0 Å². The van der Waals surface area contributed by atoms with Crippen LogP contribution in [0.3, 0.4) is 0 Å². The number of fused-ring (bicyclic) bond motifs is 4. The first-order valence-electron chi connectivity index (χ1n) is 8.65. The largest absolute Gasteiger partial charge is 0.350 e. The second-order valence-electron chi connectivity index (χ2n) is 7.20. The Kier molecular flexibility index (Phi) is 4.82. The van der Waals surface area contributed by atoms with Gasteiger partial charge in [0.25, 0.3) is 0 Å². The van der Waals surface area contributed by atoms with Crippen molar-refractivity contribution in [1.29, 1.82) is 0 Å². The summed E-state index contributed by atoms with van der Waals surface area (Å²) in [5.74, 6) is 1.06. The Morgan fingerprint density at radius 3 is 2.86 bits per heavy atom. The van der Waals surface area contributed by atoms with Crippen LogP contribution in [0.1, 0.15) is 45.4 Å². The third kappa shape index (κ3) is 3.41. The zero-order valence-corrected chi connectivity index (χ0v) is 13.4. The zero-order chi connectivity index (χ0) is 14.8. The van der Waals surface area contributed by atoms with Gasteiger partial charge in [-0.15, -0.1) is 0 Å². The van der Waals surface area contributed by atoms with Gasteiger partial charge in [0.2, 0.25) is 5.91 Å². The lowest BCUT2D eigenvalue weighted by atomic mass is 9.81. The molecule has 3 heterocycles. The predicted octanol–water partition coefficient (Wildman–Crippen LogP) is 0.868. The predicted molar refractivity (Wildman–Crippen MR) is 83.6 cm³/mol. The summed E-state index contributed by atoms with van der Waals surface area (Å²) in [5.41, 5.74) is 3.43. The van der Waals surface area contributed by atoms with Crippen LogP contribution in [0.25, 0.3) is 0 Å². The molecule has 2 bridgehead atoms. The maximum Gasteiger partial charge on any atom is 0.223 e. The first-order chi connectivity index (χ1) is 10.1. The van der Waals surface area contributed by atoms with Crippen molar-refractivity contribution in [3.05, 3.63) is 0 Å². The average Bonchev–Trinajstić information content (AvgIpc) is 2.83. The number of rotatable bonds is 0. The van der Waals surface area contributed by atoms with Gasteiger partial charge in [0.05, 0.1) is 6.04 Å². The average molecular weight is 294 g/mol. The van der Waals surface area contributed by atoms with Crippen LogP contribution in [-0.2, 0) is 4.79 Å². The fourth-order valence-electron chi connectivity index (χ4n) is 4.39. The van der Waals surface area contributed by atoms with Crippen molar-refractivity contribution in [2.24, 2.45) is 11.8 Å². The molecule has 5 nitrogen and oxygen atoms in total. The number of likely N-dealkylation sites (N-methyl/N-ethyl adjacent to an activating group) is 1. The summed E-state index contributed by atoms with van der Waals surface area (Å²) in [6.07, 6.45) is 7.16. The number of nitrogens with one attached hydrogen (secondary N) is 3. The van der Waals surface area contributed by atoms with Crippen LogP contribution in [-0.4, -0.2) is 49.2 Å². The molecular weight excluding hydrogens is 264 g/mol. The summed E-state index contributed by atoms with van der Waals surface area (Å²) in [6.45, 7) is 4.06. The van der Waals surface area contributed by atoms with Gasteiger partial charge in [0, 0.05) is 31.6 Å². The van der Waals surface area contributed by atoms with E-state index < -0.39 is 0 Å². The Bertz CT molecular complexity index is 375. The molecule has 0 aromatic heterocycles. The quantitative estimate of drug-likeness (QED) is 0.620. The molecule has 0 aromatic rings. The molecule has 3 aliphatic heterocycles. The highest BCUT2D eigenvalue weighted by molar-refractivity contribution is 5.78. The third-order valence-corrected chi connectivity index (χ3v) is 5.65. The molecule has 0 aliphatic carbocycles. The second-order valence-corrected chi connectivity index (χ2v) is 7.20. The monoisotopic (exact) mass is 294 g/mol. The van der Waals surface area contributed by atoms with Crippen molar-refractivity contribution < 1.29 is 4.79 Å². The van der Waals surface area contributed by atoms with Gasteiger partial charge in [0.1, 0.15) is 0 Å². The molecular formula is C16H30N4O. The van der Waals surface area contributed by atoms with Gasteiger partial charge >= 0.3 is 0 Å². The smallest absolute Gasteiger partial charge is 0.223 e. The minimum Gasteiger partial charge on any atom is -0.350 e. The minimum atomic E-state index is 0.142. The Balaban J connectivity index is 1.77. The Morgan fingerprint density at radius 2 is 2.00 bits per heavy atom. The van der Waals surface area contributed by atoms with Crippen molar-refractivity contribution in [3.8, 4) is 0 Å². The van der Waals surface area contributed by atoms with Crippen molar-refractivity contribution in [2.75, 3.05) is 20.1 Å². The first-order valence-corrected chi connectivity index (χ1v) is 8.65. The molecule has 3 N–H and O–H groups in total. The van der Waals surface area contributed by atoms with Gasteiger partial charge in [-0.1, -0.05) is 19.8 Å². The van der Waals surface area contributed by atoms with Crippen molar-refractivity contribution in [1.82, 2.24) is 21.1 Å². The van der Waals surface area contributed by atoms with Gasteiger partial charge in [-0.3, -0.25) is 10.2 Å². The molecule has 5 heteroatoms. The van der Waals surface area contributed by atoms with E-state index in [0.717, 1.165) is 19.5 Å². The minimum absolute atomic E-state index is 0.142. The maximum atomic E-state index is 12.4. The van der Waals surface area contributed by atoms with Gasteiger partial charge in [0.15, 0.2) is 0 Å². The van der Waals surface area contributed by atoms with Gasteiger partial charge in [-0.05, 0) is 38.1 Å². The fourth-order valence-corrected chi connectivity index (χ4v) is 4.39. The number of hydrogen-bond donors (Lipinski definition) is 3. The van der Waals surface area contributed by atoms with E-state index in [0.29, 0.717) is 18.0 Å². The second kappa shape index (κ2) is 6.63. The normalized spacial score (nSPS) is 42.6. The van der Waals surface area contributed by atoms with Gasteiger partial charge in [-0.25, -0.2) is 5.01 Å². The standard InChI is InChI=1S/C16H30N4O/c1-11-5-3-4-6-13-9-12(7-8-17-13)15-14(19-16(11)21)10-18-20(15)2/h11-15,17-18H,3-10H2,1-2H3,(H,19,21). The summed E-state index contributed by atoms with van der Waals surface area (Å²) in [7, 11) is 2.13. The number of hydrazine groups is 1. The van der Waals surface area contributed by atoms with E-state index in [1.807, 2.05) is 0 Å². The molecule has 3 fully saturated rings. The molecule has 21 heavy (non-hydrogen) atoms. The number of amides is 1. The summed E-state index contributed by atoms with van der Waals surface area (Å²) >= 11 is 0. The van der Waals surface area contributed by atoms with Gasteiger partial charge in [-0.2, -0.15) is 0 Å². The lowest BCUT2D eigenvalue weighted by molar-refractivity contribution is -0.125. The van der Waals surface area contributed by atoms with E-state index in [1.165, 1.54) is 32.1 Å². The highest BCUT2D eigenvalue weighted by atomic mass is 16.2. The molecule has 0 spiro atoms. The molecule has 0 saturated carbocycles. The molecule has 3 rings (SSSR count). The topological polar surface area (TPSA) is 56.4 Å². The van der Waals surface area contributed by atoms with Crippen LogP contribution in [0.4, 0.5) is 0 Å². The highest BCUT2D eigenvalue weighted by Crippen LogP contribution is 2.29. The van der Waals surface area contributed by atoms with Crippen LogP contribution in [0.15, 0.2) is 0 Å². The van der Waals surface area contributed by atoms with Crippen LogP contribution in [0.5, 0.6) is 0 Å². The van der Waals surface area contributed by atoms with Gasteiger partial charge < -0.3 is 10.6 Å². The first kappa shape index (κ1) is 15.3. The summed E-state index contributed by atoms with van der Waals surface area (Å²) in [6, 6.07) is 1.36. The number of nitrogens with zero attached hydrogens (tertiary/aromatic N) is 1. The van der Waals surface area contributed by atoms with Crippen LogP contribution >= 0.6 is 0 Å². The van der Waals surface area contributed by atoms with Crippen LogP contribution < -0.4 is 16.1 Å². The van der Waals surface area contributed by atoms with E-state index in [1.54, 1.807) is 0 Å². The lowest BCUT2D eigenvalue weighted by Gasteiger charge is -2.39. The number of carbonyl (C=O) groups is 1. The SMILES string of the molecule is CC1CCCCC2CC(CCN2)C2C(CNN2C)NC1=O. The van der Waals surface area contributed by atoms with Crippen molar-refractivity contribution in [3.63, 3.8) is 0 Å². The molecule has 3 saturated heterocycles. The van der Waals surface area contributed by atoms with E-state index in [9.17, 15) is 4.79 Å². The highest BCUT2D eigenvalue weighted by Gasteiger charge is 2.40. The molecule has 5 atom stereocenters.